The molecule has 0 aromatic carbocycles. The van der Waals surface area contributed by atoms with Crippen molar-refractivity contribution in [2.45, 2.75) is 0 Å². The molecule has 0 aliphatic rings. The second-order valence-electron chi connectivity index (χ2n) is 2.48. The minimum atomic E-state index is 0.118. The van der Waals surface area contributed by atoms with Crippen LogP contribution in [0.5, 0.6) is 11.5 Å². The van der Waals surface area contributed by atoms with Crippen molar-refractivity contribution >= 4 is 0 Å². The van der Waals surface area contributed by atoms with E-state index in [9.17, 15) is 10.2 Å². The van der Waals surface area contributed by atoms with E-state index >= 15 is 0 Å². The second kappa shape index (κ2) is 2.34. The van der Waals surface area contributed by atoms with Crippen LogP contribution in [0.25, 0.3) is 11.4 Å². The molecule has 4 heteroatoms. The lowest BCUT2D eigenvalue weighted by Gasteiger charge is -1.95. The van der Waals surface area contributed by atoms with Crippen LogP contribution < -0.4 is 0 Å². The number of hydrogen-bond acceptors (Lipinski definition) is 2. The fourth-order valence-electron chi connectivity index (χ4n) is 1.12. The van der Waals surface area contributed by atoms with Gasteiger partial charge in [-0.1, -0.05) is 0 Å². The topological polar surface area (TPSA) is 72.0 Å². The summed E-state index contributed by atoms with van der Waals surface area (Å²) in [6, 6.07) is 3.05. The van der Waals surface area contributed by atoms with Crippen LogP contribution in [0.4, 0.5) is 0 Å². The van der Waals surface area contributed by atoms with Gasteiger partial charge in [0.25, 0.3) is 0 Å². The molecule has 0 unspecified atom stereocenters. The third kappa shape index (κ3) is 0.852. The summed E-state index contributed by atoms with van der Waals surface area (Å²) in [5, 5.41) is 18.6. The maximum absolute atomic E-state index is 9.28. The number of aromatic nitrogens is 2. The maximum Gasteiger partial charge on any atom is 0.142 e. The van der Waals surface area contributed by atoms with Crippen molar-refractivity contribution in [1.82, 2.24) is 9.97 Å². The minimum Gasteiger partial charge on any atom is -0.506 e. The molecule has 0 atom stereocenters. The molecule has 0 saturated heterocycles. The van der Waals surface area contributed by atoms with Crippen LogP contribution in [0, 0.1) is 0 Å². The number of H-pyrrole nitrogens is 2. The molecule has 0 aliphatic carbocycles. The Balaban J connectivity index is 2.57. The van der Waals surface area contributed by atoms with E-state index in [0.29, 0.717) is 11.4 Å². The van der Waals surface area contributed by atoms with Crippen LogP contribution in [-0.4, -0.2) is 20.2 Å². The zero-order valence-corrected chi connectivity index (χ0v) is 6.20. The smallest absolute Gasteiger partial charge is 0.142 e. The summed E-state index contributed by atoms with van der Waals surface area (Å²) in [7, 11) is 0. The first kappa shape index (κ1) is 6.84. The Hall–Kier alpha value is -1.84. The van der Waals surface area contributed by atoms with Gasteiger partial charge in [0, 0.05) is 12.4 Å². The Morgan fingerprint density at radius 2 is 1.25 bits per heavy atom. The second-order valence-corrected chi connectivity index (χ2v) is 2.48. The van der Waals surface area contributed by atoms with Crippen molar-refractivity contribution in [1.29, 1.82) is 0 Å². The molecule has 4 N–H and O–H groups in total. The quantitative estimate of drug-likeness (QED) is 0.514. The van der Waals surface area contributed by atoms with Crippen LogP contribution in [0.2, 0.25) is 0 Å². The Morgan fingerprint density at radius 3 is 1.50 bits per heavy atom. The van der Waals surface area contributed by atoms with Crippen LogP contribution >= 0.6 is 0 Å². The molecule has 0 amide bonds. The van der Waals surface area contributed by atoms with Crippen LogP contribution in [0.15, 0.2) is 24.5 Å². The number of rotatable bonds is 1. The Bertz CT molecular complexity index is 351. The highest BCUT2D eigenvalue weighted by molar-refractivity contribution is 5.68. The summed E-state index contributed by atoms with van der Waals surface area (Å²) in [5.41, 5.74) is 0.995. The van der Waals surface area contributed by atoms with E-state index in [1.165, 1.54) is 12.1 Å². The first-order chi connectivity index (χ1) is 5.79. The highest BCUT2D eigenvalue weighted by Gasteiger charge is 2.09. The van der Waals surface area contributed by atoms with Crippen molar-refractivity contribution in [2.24, 2.45) is 0 Å². The third-order valence-corrected chi connectivity index (χ3v) is 1.70. The normalized spacial score (nSPS) is 10.3. The average molecular weight is 164 g/mol. The molecule has 0 bridgehead atoms. The van der Waals surface area contributed by atoms with E-state index in [1.54, 1.807) is 12.4 Å². The third-order valence-electron chi connectivity index (χ3n) is 1.70. The summed E-state index contributed by atoms with van der Waals surface area (Å²) in [6.07, 6.45) is 3.20. The molecule has 12 heavy (non-hydrogen) atoms. The fourth-order valence-corrected chi connectivity index (χ4v) is 1.12. The Morgan fingerprint density at radius 1 is 0.833 bits per heavy atom. The zero-order valence-electron chi connectivity index (χ0n) is 6.20. The predicted octanol–water partition coefficient (Wildman–Crippen LogP) is 1.42. The summed E-state index contributed by atoms with van der Waals surface area (Å²) in [5.74, 6) is 0.237. The molecule has 0 saturated carbocycles. The van der Waals surface area contributed by atoms with E-state index in [-0.39, 0.29) is 11.5 Å². The van der Waals surface area contributed by atoms with Gasteiger partial charge in [0.2, 0.25) is 0 Å². The molecular weight excluding hydrogens is 156 g/mol. The Kier molecular flexibility index (Phi) is 1.33. The van der Waals surface area contributed by atoms with Crippen molar-refractivity contribution < 1.29 is 10.2 Å². The lowest BCUT2D eigenvalue weighted by molar-refractivity contribution is 0.469. The van der Waals surface area contributed by atoms with E-state index < -0.39 is 0 Å². The van der Waals surface area contributed by atoms with Gasteiger partial charge in [0.1, 0.15) is 22.9 Å². The maximum atomic E-state index is 9.28. The standard InChI is InChI=1S/C8H8N2O2/c11-5-1-3-9-7(5)8-6(12)2-4-10-8/h1-4,9-12H. The SMILES string of the molecule is Oc1cc[nH]c1-c1[nH]ccc1O. The first-order valence-electron chi connectivity index (χ1n) is 3.52. The molecule has 0 radical (unpaired) electrons. The summed E-state index contributed by atoms with van der Waals surface area (Å²) in [4.78, 5) is 5.61. The van der Waals surface area contributed by atoms with Gasteiger partial charge in [-0.15, -0.1) is 0 Å². The molecular formula is C8H8N2O2. The van der Waals surface area contributed by atoms with Crippen molar-refractivity contribution in [2.75, 3.05) is 0 Å². The Labute approximate surface area is 68.5 Å². The van der Waals surface area contributed by atoms with Gasteiger partial charge >= 0.3 is 0 Å². The molecule has 0 aliphatic heterocycles. The number of hydrogen-bond donors (Lipinski definition) is 4. The average Bonchev–Trinajstić information content (AvgIpc) is 2.59. The van der Waals surface area contributed by atoms with Crippen molar-refractivity contribution in [3.63, 3.8) is 0 Å². The molecule has 0 fully saturated rings. The molecule has 2 aromatic heterocycles. The summed E-state index contributed by atoms with van der Waals surface area (Å²) < 4.78 is 0. The number of aromatic hydroxyl groups is 2. The molecule has 2 heterocycles. The number of aromatic amines is 2. The van der Waals surface area contributed by atoms with Crippen molar-refractivity contribution in [3.05, 3.63) is 24.5 Å². The molecule has 2 rings (SSSR count). The molecule has 2 aromatic rings. The number of nitrogens with one attached hydrogen (secondary N) is 2. The minimum absolute atomic E-state index is 0.118. The largest absolute Gasteiger partial charge is 0.506 e. The lowest BCUT2D eigenvalue weighted by atomic mass is 10.3. The predicted molar refractivity (Wildman–Crippen MR) is 43.9 cm³/mol. The molecule has 0 spiro atoms. The summed E-state index contributed by atoms with van der Waals surface area (Å²) >= 11 is 0. The van der Waals surface area contributed by atoms with Gasteiger partial charge in [-0.3, -0.25) is 0 Å². The van der Waals surface area contributed by atoms with Crippen LogP contribution in [-0.2, 0) is 0 Å². The monoisotopic (exact) mass is 164 g/mol. The highest BCUT2D eigenvalue weighted by atomic mass is 16.3. The van der Waals surface area contributed by atoms with Gasteiger partial charge < -0.3 is 20.2 Å². The van der Waals surface area contributed by atoms with E-state index in [0.717, 1.165) is 0 Å². The fraction of sp³-hybridized carbons (Fsp3) is 0. The molecule has 62 valence electrons. The van der Waals surface area contributed by atoms with Crippen LogP contribution in [0.1, 0.15) is 0 Å². The zero-order chi connectivity index (χ0) is 8.55. The highest BCUT2D eigenvalue weighted by Crippen LogP contribution is 2.31. The van der Waals surface area contributed by atoms with E-state index in [4.69, 9.17) is 0 Å². The van der Waals surface area contributed by atoms with Gasteiger partial charge in [0.05, 0.1) is 0 Å². The van der Waals surface area contributed by atoms with Gasteiger partial charge in [0.15, 0.2) is 0 Å². The lowest BCUT2D eigenvalue weighted by Crippen LogP contribution is -1.77. The van der Waals surface area contributed by atoms with E-state index in [2.05, 4.69) is 9.97 Å². The van der Waals surface area contributed by atoms with Crippen molar-refractivity contribution in [3.8, 4) is 22.9 Å². The van der Waals surface area contributed by atoms with Gasteiger partial charge in [-0.05, 0) is 12.1 Å². The summed E-state index contributed by atoms with van der Waals surface area (Å²) in [6.45, 7) is 0. The first-order valence-corrected chi connectivity index (χ1v) is 3.52. The van der Waals surface area contributed by atoms with Gasteiger partial charge in [-0.2, -0.15) is 0 Å². The van der Waals surface area contributed by atoms with Gasteiger partial charge in [-0.25, -0.2) is 0 Å². The van der Waals surface area contributed by atoms with Crippen LogP contribution in [0.3, 0.4) is 0 Å². The molecule has 4 nitrogen and oxygen atoms in total. The van der Waals surface area contributed by atoms with E-state index in [1.807, 2.05) is 0 Å².